The molecule has 0 aliphatic rings. The number of anilines is 1. The number of ether oxygens (including phenoxy) is 2. The molecule has 4 aromatic carbocycles. The van der Waals surface area contributed by atoms with Crippen LogP contribution in [0.5, 0.6) is 5.75 Å². The third kappa shape index (κ3) is 10.2. The SMILES string of the molecule is [C-]#[N+]/C(=C\c1ccc(C#Cc2ccc(N(C)C)cc2)cc1)C(=O)OCCCCCCOc1ccc(-c2ccc(C#N)cc2)cc1. The standard InChI is InChI=1S/C39H35N3O3/c1-41-38(28-32-12-10-30(11-13-32)8-9-31-16-22-36(23-17-31)42(2)3)39(43)45-27-7-5-4-6-26-44-37-24-20-35(21-25-37)34-18-14-33(29-40)15-19-34/h10-25,28H,4-7,26-27H2,2-3H3/b38-28-. The number of nitriles is 1. The second kappa shape index (κ2) is 16.8. The number of unbranched alkanes of at least 4 members (excludes halogenated alkanes) is 3. The number of rotatable bonds is 12. The molecule has 0 amide bonds. The summed E-state index contributed by atoms with van der Waals surface area (Å²) in [6, 6.07) is 33.0. The smallest absolute Gasteiger partial charge is 0.336 e. The summed E-state index contributed by atoms with van der Waals surface area (Å²) in [6.45, 7) is 8.30. The number of esters is 1. The van der Waals surface area contributed by atoms with Gasteiger partial charge in [-0.2, -0.15) is 5.26 Å². The summed E-state index contributed by atoms with van der Waals surface area (Å²) < 4.78 is 11.2. The molecule has 4 aromatic rings. The van der Waals surface area contributed by atoms with Crippen molar-refractivity contribution in [2.45, 2.75) is 25.7 Å². The van der Waals surface area contributed by atoms with Crippen LogP contribution in [0.3, 0.4) is 0 Å². The van der Waals surface area contributed by atoms with Crippen LogP contribution in [0.4, 0.5) is 5.69 Å². The minimum Gasteiger partial charge on any atom is -0.494 e. The van der Waals surface area contributed by atoms with Crippen LogP contribution in [-0.4, -0.2) is 33.3 Å². The molecular formula is C39H35N3O3. The predicted octanol–water partition coefficient (Wildman–Crippen LogP) is 8.13. The van der Waals surface area contributed by atoms with E-state index in [2.05, 4.69) is 22.8 Å². The minimum absolute atomic E-state index is 0.0478. The van der Waals surface area contributed by atoms with Crippen LogP contribution in [-0.2, 0) is 9.53 Å². The van der Waals surface area contributed by atoms with Gasteiger partial charge >= 0.3 is 5.97 Å². The number of nitrogens with zero attached hydrogens (tertiary/aromatic N) is 3. The Kier molecular flexibility index (Phi) is 12.0. The predicted molar refractivity (Wildman–Crippen MR) is 179 cm³/mol. The van der Waals surface area contributed by atoms with Crippen molar-refractivity contribution in [3.8, 4) is 34.8 Å². The van der Waals surface area contributed by atoms with E-state index >= 15 is 0 Å². The summed E-state index contributed by atoms with van der Waals surface area (Å²) in [5, 5.41) is 8.95. The van der Waals surface area contributed by atoms with Crippen LogP contribution < -0.4 is 9.64 Å². The van der Waals surface area contributed by atoms with Gasteiger partial charge in [0, 0.05) is 30.9 Å². The molecule has 0 bridgehead atoms. The van der Waals surface area contributed by atoms with Gasteiger partial charge < -0.3 is 14.4 Å². The lowest BCUT2D eigenvalue weighted by Gasteiger charge is -2.11. The summed E-state index contributed by atoms with van der Waals surface area (Å²) in [7, 11) is 4.00. The monoisotopic (exact) mass is 593 g/mol. The number of hydrogen-bond acceptors (Lipinski definition) is 5. The highest BCUT2D eigenvalue weighted by Crippen LogP contribution is 2.23. The van der Waals surface area contributed by atoms with E-state index < -0.39 is 5.97 Å². The van der Waals surface area contributed by atoms with Gasteiger partial charge in [-0.3, -0.25) is 4.79 Å². The lowest BCUT2D eigenvalue weighted by molar-refractivity contribution is -0.138. The molecule has 0 spiro atoms. The topological polar surface area (TPSA) is 66.9 Å². The van der Waals surface area contributed by atoms with Gasteiger partial charge in [0.2, 0.25) is 0 Å². The van der Waals surface area contributed by atoms with Gasteiger partial charge in [-0.15, -0.1) is 0 Å². The number of hydrogen-bond donors (Lipinski definition) is 0. The van der Waals surface area contributed by atoms with Crippen molar-refractivity contribution in [1.29, 1.82) is 5.26 Å². The fourth-order valence-corrected chi connectivity index (χ4v) is 4.41. The zero-order chi connectivity index (χ0) is 31.9. The highest BCUT2D eigenvalue weighted by Gasteiger charge is 2.11. The molecule has 0 aromatic heterocycles. The van der Waals surface area contributed by atoms with Crippen LogP contribution in [0.25, 0.3) is 22.0 Å². The Labute approximate surface area is 266 Å². The average molecular weight is 594 g/mol. The highest BCUT2D eigenvalue weighted by atomic mass is 16.5. The number of carbonyl (C=O) groups excluding carboxylic acids is 1. The minimum atomic E-state index is -0.608. The first-order chi connectivity index (χ1) is 21.9. The van der Waals surface area contributed by atoms with Crippen molar-refractivity contribution in [1.82, 2.24) is 0 Å². The molecule has 224 valence electrons. The van der Waals surface area contributed by atoms with Crippen LogP contribution in [0, 0.1) is 29.7 Å². The fraction of sp³-hybridized carbons (Fsp3) is 0.205. The Hall–Kier alpha value is -5.77. The maximum atomic E-state index is 12.4. The second-order valence-electron chi connectivity index (χ2n) is 10.6. The van der Waals surface area contributed by atoms with Crippen molar-refractivity contribution >= 4 is 17.7 Å². The Bertz CT molecular complexity index is 1730. The summed E-state index contributed by atoms with van der Waals surface area (Å²) in [5.41, 5.74) is 6.35. The molecule has 0 heterocycles. The molecule has 0 aliphatic carbocycles. The van der Waals surface area contributed by atoms with Crippen molar-refractivity contribution < 1.29 is 14.3 Å². The van der Waals surface area contributed by atoms with E-state index in [1.165, 1.54) is 0 Å². The molecule has 4 rings (SSSR count). The molecule has 6 nitrogen and oxygen atoms in total. The van der Waals surface area contributed by atoms with E-state index in [4.69, 9.17) is 21.3 Å². The van der Waals surface area contributed by atoms with E-state index in [9.17, 15) is 4.79 Å². The summed E-state index contributed by atoms with van der Waals surface area (Å²) in [4.78, 5) is 17.9. The van der Waals surface area contributed by atoms with Crippen molar-refractivity contribution in [3.05, 3.63) is 136 Å². The van der Waals surface area contributed by atoms with Gasteiger partial charge in [0.25, 0.3) is 5.70 Å². The van der Waals surface area contributed by atoms with E-state index in [0.717, 1.165) is 64.9 Å². The largest absolute Gasteiger partial charge is 0.494 e. The van der Waals surface area contributed by atoms with Crippen molar-refractivity contribution in [3.63, 3.8) is 0 Å². The average Bonchev–Trinajstić information content (AvgIpc) is 3.08. The first-order valence-electron chi connectivity index (χ1n) is 14.8. The van der Waals surface area contributed by atoms with Gasteiger partial charge in [0.05, 0.1) is 31.4 Å². The van der Waals surface area contributed by atoms with Crippen LogP contribution in [0.1, 0.15) is 47.9 Å². The lowest BCUT2D eigenvalue weighted by Crippen LogP contribution is -2.07. The third-order valence-corrected chi connectivity index (χ3v) is 7.02. The van der Waals surface area contributed by atoms with E-state index in [-0.39, 0.29) is 12.3 Å². The molecule has 0 N–H and O–H groups in total. The summed E-state index contributed by atoms with van der Waals surface area (Å²) >= 11 is 0. The quantitative estimate of drug-likeness (QED) is 0.0546. The Morgan fingerprint density at radius 2 is 1.29 bits per heavy atom. The molecule has 0 saturated carbocycles. The van der Waals surface area contributed by atoms with Crippen LogP contribution in [0.15, 0.2) is 103 Å². The van der Waals surface area contributed by atoms with Gasteiger partial charge in [-0.05, 0) is 109 Å². The molecule has 0 aliphatic heterocycles. The van der Waals surface area contributed by atoms with Gasteiger partial charge in [0.1, 0.15) is 5.75 Å². The number of benzene rings is 4. The molecule has 0 unspecified atom stereocenters. The first kappa shape index (κ1) is 32.2. The molecule has 0 atom stereocenters. The van der Waals surface area contributed by atoms with Crippen molar-refractivity contribution in [2.24, 2.45) is 0 Å². The van der Waals surface area contributed by atoms with E-state index in [0.29, 0.717) is 12.2 Å². The molecule has 0 saturated heterocycles. The van der Waals surface area contributed by atoms with Gasteiger partial charge in [-0.1, -0.05) is 48.2 Å². The third-order valence-electron chi connectivity index (χ3n) is 7.02. The Balaban J connectivity index is 1.13. The van der Waals surface area contributed by atoms with E-state index in [1.54, 1.807) is 6.08 Å². The van der Waals surface area contributed by atoms with Crippen LogP contribution >= 0.6 is 0 Å². The zero-order valence-electron chi connectivity index (χ0n) is 25.6. The summed E-state index contributed by atoms with van der Waals surface area (Å²) in [5.74, 6) is 6.51. The first-order valence-corrected chi connectivity index (χ1v) is 14.8. The maximum absolute atomic E-state index is 12.4. The number of carbonyl (C=O) groups is 1. The molecule has 0 radical (unpaired) electrons. The Morgan fingerprint density at radius 3 is 1.84 bits per heavy atom. The Morgan fingerprint density at radius 1 is 0.756 bits per heavy atom. The van der Waals surface area contributed by atoms with Crippen LogP contribution in [0.2, 0.25) is 0 Å². The fourth-order valence-electron chi connectivity index (χ4n) is 4.41. The maximum Gasteiger partial charge on any atom is 0.336 e. The molecular weight excluding hydrogens is 558 g/mol. The van der Waals surface area contributed by atoms with Crippen molar-refractivity contribution in [2.75, 3.05) is 32.2 Å². The van der Waals surface area contributed by atoms with Gasteiger partial charge in [-0.25, -0.2) is 4.85 Å². The molecule has 0 fully saturated rings. The van der Waals surface area contributed by atoms with Gasteiger partial charge in [0.15, 0.2) is 0 Å². The zero-order valence-corrected chi connectivity index (χ0v) is 25.6. The summed E-state index contributed by atoms with van der Waals surface area (Å²) in [6.07, 6.45) is 5.00. The molecule has 6 heteroatoms. The highest BCUT2D eigenvalue weighted by molar-refractivity contribution is 5.95. The lowest BCUT2D eigenvalue weighted by atomic mass is 10.0. The second-order valence-corrected chi connectivity index (χ2v) is 10.6. The van der Waals surface area contributed by atoms with E-state index in [1.807, 2.05) is 116 Å². The normalized spacial score (nSPS) is 10.5. The molecule has 45 heavy (non-hydrogen) atoms.